The van der Waals surface area contributed by atoms with Crippen LogP contribution in [0.5, 0.6) is 5.75 Å². The summed E-state index contributed by atoms with van der Waals surface area (Å²) in [5, 5.41) is 12.5. The third-order valence-corrected chi connectivity index (χ3v) is 4.69. The molecule has 1 amide bonds. The van der Waals surface area contributed by atoms with Crippen LogP contribution in [0.1, 0.15) is 11.1 Å². The van der Waals surface area contributed by atoms with Gasteiger partial charge in [0.25, 0.3) is 5.91 Å². The number of amidine groups is 1. The van der Waals surface area contributed by atoms with Gasteiger partial charge in [0.05, 0.1) is 10.6 Å². The highest BCUT2D eigenvalue weighted by molar-refractivity contribution is 8.18. The number of nitrogens with zero attached hydrogens (tertiary/aromatic N) is 1. The van der Waals surface area contributed by atoms with Gasteiger partial charge in [-0.15, -0.1) is 0 Å². The number of hydrogen-bond donors (Lipinski definition) is 2. The summed E-state index contributed by atoms with van der Waals surface area (Å²) in [5.41, 5.74) is 2.36. The van der Waals surface area contributed by atoms with E-state index in [-0.39, 0.29) is 5.91 Å². The van der Waals surface area contributed by atoms with E-state index in [1.807, 2.05) is 13.0 Å². The van der Waals surface area contributed by atoms with E-state index in [0.29, 0.717) is 20.8 Å². The van der Waals surface area contributed by atoms with Gasteiger partial charge >= 0.3 is 5.97 Å². The second-order valence-electron chi connectivity index (χ2n) is 5.67. The fraction of sp³-hybridized carbons (Fsp3) is 0.105. The molecular formula is C19H15ClN2O4S. The molecule has 0 bridgehead atoms. The molecule has 2 aromatic rings. The lowest BCUT2D eigenvalue weighted by Gasteiger charge is -2.03. The molecule has 1 heterocycles. The van der Waals surface area contributed by atoms with Gasteiger partial charge in [0, 0.05) is 5.02 Å². The minimum atomic E-state index is -1.05. The largest absolute Gasteiger partial charge is 0.482 e. The zero-order chi connectivity index (χ0) is 19.4. The summed E-state index contributed by atoms with van der Waals surface area (Å²) in [6, 6.07) is 12.2. The summed E-state index contributed by atoms with van der Waals surface area (Å²) in [6.45, 7) is 1.47. The maximum absolute atomic E-state index is 12.2. The van der Waals surface area contributed by atoms with E-state index in [1.165, 1.54) is 11.8 Å². The molecule has 8 heteroatoms. The van der Waals surface area contributed by atoms with Crippen LogP contribution in [0.3, 0.4) is 0 Å². The van der Waals surface area contributed by atoms with Gasteiger partial charge in [0.15, 0.2) is 11.8 Å². The average Bonchev–Trinajstić information content (AvgIpc) is 2.95. The second-order valence-corrected chi connectivity index (χ2v) is 7.13. The third kappa shape index (κ3) is 5.12. The summed E-state index contributed by atoms with van der Waals surface area (Å²) in [7, 11) is 0. The maximum atomic E-state index is 12.2. The van der Waals surface area contributed by atoms with Crippen LogP contribution in [-0.4, -0.2) is 28.8 Å². The average molecular weight is 403 g/mol. The van der Waals surface area contributed by atoms with Crippen molar-refractivity contribution in [2.75, 3.05) is 6.61 Å². The number of aryl methyl sites for hydroxylation is 1. The Bertz CT molecular complexity index is 972. The number of rotatable bonds is 5. The lowest BCUT2D eigenvalue weighted by Crippen LogP contribution is -2.19. The molecule has 0 saturated carbocycles. The molecule has 1 saturated heterocycles. The van der Waals surface area contributed by atoms with Crippen LogP contribution in [0.2, 0.25) is 5.02 Å². The van der Waals surface area contributed by atoms with Gasteiger partial charge in [-0.05, 0) is 66.2 Å². The van der Waals surface area contributed by atoms with Crippen LogP contribution >= 0.6 is 23.4 Å². The van der Waals surface area contributed by atoms with Crippen molar-refractivity contribution >= 4 is 52.2 Å². The van der Waals surface area contributed by atoms with E-state index in [1.54, 1.807) is 42.5 Å². The van der Waals surface area contributed by atoms with Crippen molar-refractivity contribution in [1.82, 2.24) is 5.32 Å². The minimum Gasteiger partial charge on any atom is -0.482 e. The monoisotopic (exact) mass is 402 g/mol. The number of carbonyl (C=O) groups is 2. The minimum absolute atomic E-state index is 0.248. The number of carboxylic acid groups (broad SMARTS) is 1. The molecule has 0 aromatic heterocycles. The number of thioether (sulfide) groups is 1. The van der Waals surface area contributed by atoms with Crippen LogP contribution in [0.15, 0.2) is 52.4 Å². The number of hydrogen-bond acceptors (Lipinski definition) is 5. The van der Waals surface area contributed by atoms with Crippen molar-refractivity contribution in [1.29, 1.82) is 0 Å². The van der Waals surface area contributed by atoms with Crippen LogP contribution in [0, 0.1) is 6.92 Å². The van der Waals surface area contributed by atoms with Crippen molar-refractivity contribution in [3.63, 3.8) is 0 Å². The highest BCUT2D eigenvalue weighted by Crippen LogP contribution is 2.30. The first-order valence-corrected chi connectivity index (χ1v) is 9.10. The molecule has 27 heavy (non-hydrogen) atoms. The molecule has 1 fully saturated rings. The van der Waals surface area contributed by atoms with Crippen molar-refractivity contribution < 1.29 is 19.4 Å². The van der Waals surface area contributed by atoms with Crippen molar-refractivity contribution in [2.45, 2.75) is 6.92 Å². The summed E-state index contributed by atoms with van der Waals surface area (Å²) < 4.78 is 5.15. The number of aliphatic carboxylic acids is 1. The molecule has 0 unspecified atom stereocenters. The first-order chi connectivity index (χ1) is 12.9. The van der Waals surface area contributed by atoms with Crippen molar-refractivity contribution in [3.8, 4) is 5.75 Å². The number of carbonyl (C=O) groups excluding carboxylic acids is 1. The van der Waals surface area contributed by atoms with E-state index in [9.17, 15) is 9.59 Å². The third-order valence-electron chi connectivity index (χ3n) is 3.55. The lowest BCUT2D eigenvalue weighted by atomic mass is 10.2. The summed E-state index contributed by atoms with van der Waals surface area (Å²) in [4.78, 5) is 27.7. The Hall–Kier alpha value is -2.77. The smallest absolute Gasteiger partial charge is 0.341 e. The molecule has 1 aliphatic heterocycles. The summed E-state index contributed by atoms with van der Waals surface area (Å²) in [6.07, 6.45) is 1.70. The number of amides is 1. The normalized spacial score (nSPS) is 16.6. The number of aliphatic imine (C=N–C) groups is 1. The number of halogens is 1. The molecule has 138 valence electrons. The van der Waals surface area contributed by atoms with Crippen LogP contribution in [-0.2, 0) is 9.59 Å². The Morgan fingerprint density at radius 3 is 2.89 bits per heavy atom. The lowest BCUT2D eigenvalue weighted by molar-refractivity contribution is -0.139. The zero-order valence-corrected chi connectivity index (χ0v) is 15.8. The SMILES string of the molecule is Cc1cc(Cl)ccc1N=C1NC(=O)/C(=C/c2cccc(OCC(=O)O)c2)S1. The summed E-state index contributed by atoms with van der Waals surface area (Å²) >= 11 is 7.18. The van der Waals surface area contributed by atoms with Gasteiger partial charge in [0.1, 0.15) is 5.75 Å². The van der Waals surface area contributed by atoms with Crippen LogP contribution < -0.4 is 10.1 Å². The topological polar surface area (TPSA) is 88.0 Å². The Balaban J connectivity index is 1.78. The fourth-order valence-corrected chi connectivity index (χ4v) is 3.39. The first kappa shape index (κ1) is 19.0. The fourth-order valence-electron chi connectivity index (χ4n) is 2.32. The van der Waals surface area contributed by atoms with Gasteiger partial charge in [-0.3, -0.25) is 4.79 Å². The zero-order valence-electron chi connectivity index (χ0n) is 14.2. The highest BCUT2D eigenvalue weighted by atomic mass is 35.5. The molecule has 2 aromatic carbocycles. The van der Waals surface area contributed by atoms with Crippen LogP contribution in [0.25, 0.3) is 6.08 Å². The molecule has 3 rings (SSSR count). The van der Waals surface area contributed by atoms with Gasteiger partial charge in [-0.1, -0.05) is 23.7 Å². The van der Waals surface area contributed by atoms with Gasteiger partial charge in [-0.2, -0.15) is 0 Å². The van der Waals surface area contributed by atoms with E-state index >= 15 is 0 Å². The van der Waals surface area contributed by atoms with Gasteiger partial charge < -0.3 is 15.2 Å². The molecule has 0 radical (unpaired) electrons. The molecular weight excluding hydrogens is 388 g/mol. The van der Waals surface area contributed by atoms with E-state index in [2.05, 4.69) is 10.3 Å². The predicted octanol–water partition coefficient (Wildman–Crippen LogP) is 4.00. The molecule has 2 N–H and O–H groups in total. The number of ether oxygens (including phenoxy) is 1. The number of carboxylic acids is 1. The van der Waals surface area contributed by atoms with Gasteiger partial charge in [0.2, 0.25) is 0 Å². The predicted molar refractivity (Wildman–Crippen MR) is 107 cm³/mol. The molecule has 0 aliphatic carbocycles. The van der Waals surface area contributed by atoms with E-state index < -0.39 is 12.6 Å². The Morgan fingerprint density at radius 2 is 2.15 bits per heavy atom. The number of benzene rings is 2. The Kier molecular flexibility index (Phi) is 5.83. The van der Waals surface area contributed by atoms with Gasteiger partial charge in [-0.25, -0.2) is 9.79 Å². The van der Waals surface area contributed by atoms with E-state index in [0.717, 1.165) is 16.8 Å². The first-order valence-electron chi connectivity index (χ1n) is 7.91. The van der Waals surface area contributed by atoms with E-state index in [4.69, 9.17) is 21.4 Å². The molecule has 1 aliphatic rings. The quantitative estimate of drug-likeness (QED) is 0.738. The number of nitrogens with one attached hydrogen (secondary N) is 1. The standard InChI is InChI=1S/C19H15ClN2O4S/c1-11-7-13(20)5-6-15(11)21-19-22-18(25)16(27-19)9-12-3-2-4-14(8-12)26-10-17(23)24/h2-9H,10H2,1H3,(H,23,24)(H,21,22,25)/b16-9-. The van der Waals surface area contributed by atoms with Crippen molar-refractivity contribution in [3.05, 3.63) is 63.5 Å². The highest BCUT2D eigenvalue weighted by Gasteiger charge is 2.24. The molecule has 0 atom stereocenters. The second kappa shape index (κ2) is 8.28. The van der Waals surface area contributed by atoms with Crippen molar-refractivity contribution in [2.24, 2.45) is 4.99 Å². The Labute approximate surface area is 164 Å². The van der Waals surface area contributed by atoms with Crippen LogP contribution in [0.4, 0.5) is 5.69 Å². The summed E-state index contributed by atoms with van der Waals surface area (Å²) in [5.74, 6) is -0.883. The Morgan fingerprint density at radius 1 is 1.33 bits per heavy atom. The molecule has 0 spiro atoms. The molecule has 6 nitrogen and oxygen atoms in total. The maximum Gasteiger partial charge on any atom is 0.341 e.